The maximum atomic E-state index is 13.9. The molecule has 3 fully saturated rings. The molecule has 0 spiro atoms. The third-order valence-electron chi connectivity index (χ3n) is 8.90. The molecule has 2 N–H and O–H groups in total. The largest absolute Gasteiger partial charge is 0.381 e. The lowest BCUT2D eigenvalue weighted by Gasteiger charge is -2.21. The number of aromatic nitrogens is 4. The molecular formula is C28H29F2N7O2. The number of likely N-dealkylation sites (tertiary alicyclic amines) is 1. The number of hydrogen-bond acceptors (Lipinski definition) is 7. The molecule has 39 heavy (non-hydrogen) atoms. The van der Waals surface area contributed by atoms with Gasteiger partial charge in [-0.3, -0.25) is 9.69 Å². The number of benzene rings is 1. The van der Waals surface area contributed by atoms with E-state index in [1.165, 1.54) is 6.42 Å². The van der Waals surface area contributed by atoms with Crippen LogP contribution < -0.4 is 10.6 Å². The van der Waals surface area contributed by atoms with E-state index in [0.29, 0.717) is 61.9 Å². The Morgan fingerprint density at radius 1 is 1.21 bits per heavy atom. The first-order valence-corrected chi connectivity index (χ1v) is 13.8. The van der Waals surface area contributed by atoms with Crippen LogP contribution in [0.5, 0.6) is 0 Å². The highest BCUT2D eigenvalue weighted by Crippen LogP contribution is 2.53. The summed E-state index contributed by atoms with van der Waals surface area (Å²) in [5.41, 5.74) is 4.92. The molecule has 1 aromatic carbocycles. The van der Waals surface area contributed by atoms with Crippen LogP contribution >= 0.6 is 0 Å². The minimum absolute atomic E-state index is 0.128. The molecule has 9 nitrogen and oxygen atoms in total. The first-order chi connectivity index (χ1) is 18.9. The first-order valence-electron chi connectivity index (χ1n) is 13.8. The Balaban J connectivity index is 1.13. The number of fused-ring (bicyclic) bond motifs is 4. The van der Waals surface area contributed by atoms with Gasteiger partial charge in [0.1, 0.15) is 11.6 Å². The monoisotopic (exact) mass is 533 g/mol. The Hall–Kier alpha value is -3.44. The molecule has 6 heterocycles. The van der Waals surface area contributed by atoms with Crippen LogP contribution in [0.3, 0.4) is 0 Å². The van der Waals surface area contributed by atoms with Crippen molar-refractivity contribution < 1.29 is 18.3 Å². The van der Waals surface area contributed by atoms with Crippen LogP contribution in [0, 0.1) is 5.92 Å². The molecule has 1 amide bonds. The molecule has 3 aromatic rings. The highest BCUT2D eigenvalue weighted by molar-refractivity contribution is 6.05. The van der Waals surface area contributed by atoms with Gasteiger partial charge in [0.2, 0.25) is 0 Å². The lowest BCUT2D eigenvalue weighted by Crippen LogP contribution is -2.26. The van der Waals surface area contributed by atoms with E-state index >= 15 is 0 Å². The maximum Gasteiger partial charge on any atom is 0.261 e. The number of halogens is 2. The summed E-state index contributed by atoms with van der Waals surface area (Å²) in [4.78, 5) is 19.7. The Morgan fingerprint density at radius 2 is 2.13 bits per heavy atom. The molecule has 1 saturated carbocycles. The minimum atomic E-state index is -2.66. The third-order valence-corrected chi connectivity index (χ3v) is 8.90. The second-order valence-electron chi connectivity index (χ2n) is 11.5. The fourth-order valence-corrected chi connectivity index (χ4v) is 6.81. The van der Waals surface area contributed by atoms with Crippen molar-refractivity contribution in [2.45, 2.75) is 56.7 Å². The number of hydrogen-bond donors (Lipinski definition) is 2. The Bertz CT molecular complexity index is 1500. The van der Waals surface area contributed by atoms with Crippen molar-refractivity contribution in [2.24, 2.45) is 5.92 Å². The fourth-order valence-electron chi connectivity index (χ4n) is 6.81. The summed E-state index contributed by atoms with van der Waals surface area (Å²) < 4.78 is 35.7. The van der Waals surface area contributed by atoms with E-state index in [4.69, 9.17) is 9.72 Å². The normalized spacial score (nSPS) is 26.4. The van der Waals surface area contributed by atoms with Gasteiger partial charge in [0.05, 0.1) is 30.1 Å². The molecule has 4 aliphatic heterocycles. The van der Waals surface area contributed by atoms with Crippen molar-refractivity contribution >= 4 is 17.4 Å². The Kier molecular flexibility index (Phi) is 5.13. The summed E-state index contributed by atoms with van der Waals surface area (Å²) in [6, 6.07) is 8.32. The summed E-state index contributed by atoms with van der Waals surface area (Å²) >= 11 is 0. The van der Waals surface area contributed by atoms with Crippen molar-refractivity contribution in [3.8, 4) is 11.4 Å². The average molecular weight is 534 g/mol. The number of ether oxygens (including phenoxy) is 1. The zero-order valence-corrected chi connectivity index (χ0v) is 21.4. The molecular weight excluding hydrogens is 504 g/mol. The van der Waals surface area contributed by atoms with E-state index in [9.17, 15) is 13.6 Å². The Labute approximate surface area is 224 Å². The summed E-state index contributed by atoms with van der Waals surface area (Å²) in [5, 5.41) is 15.2. The van der Waals surface area contributed by atoms with Gasteiger partial charge in [-0.2, -0.15) is 0 Å². The van der Waals surface area contributed by atoms with Crippen LogP contribution in [0.25, 0.3) is 11.4 Å². The van der Waals surface area contributed by atoms with Gasteiger partial charge < -0.3 is 19.9 Å². The highest BCUT2D eigenvalue weighted by atomic mass is 19.3. The average Bonchev–Trinajstić information content (AvgIpc) is 3.48. The van der Waals surface area contributed by atoms with E-state index in [0.717, 1.165) is 46.9 Å². The molecule has 2 unspecified atom stereocenters. The molecule has 8 rings (SSSR count). The van der Waals surface area contributed by atoms with Gasteiger partial charge in [0, 0.05) is 56.6 Å². The van der Waals surface area contributed by atoms with E-state index < -0.39 is 5.92 Å². The number of amides is 1. The van der Waals surface area contributed by atoms with Gasteiger partial charge in [-0.1, -0.05) is 6.07 Å². The molecule has 0 radical (unpaired) electrons. The second kappa shape index (κ2) is 8.53. The zero-order valence-electron chi connectivity index (χ0n) is 21.4. The van der Waals surface area contributed by atoms with Crippen molar-refractivity contribution in [2.75, 3.05) is 31.6 Å². The standard InChI is InChI=1S/C28H29F2N7O2/c29-28(30)6-7-36(14-28)12-21-17(15-5-8-39-13-15)2-4-23(33-21)32-20-3-1-18(19-11-31-27(38)25(19)20)26-35-34-24-10-16-9-22(16)37(24)26/h1-4,15-16,22H,5-14H2,(H,31,38)(H,32,33)/t15-,16?,22?/m0/s1. The van der Waals surface area contributed by atoms with Crippen LogP contribution in [0.2, 0.25) is 0 Å². The van der Waals surface area contributed by atoms with Crippen LogP contribution in [0.1, 0.15) is 64.2 Å². The van der Waals surface area contributed by atoms with Gasteiger partial charge in [-0.05, 0) is 48.1 Å². The number of anilines is 2. The van der Waals surface area contributed by atoms with Gasteiger partial charge in [-0.25, -0.2) is 13.8 Å². The fraction of sp³-hybridized carbons (Fsp3) is 0.500. The number of nitrogens with one attached hydrogen (secondary N) is 2. The topological polar surface area (TPSA) is 97.2 Å². The number of rotatable bonds is 6. The van der Waals surface area contributed by atoms with E-state index in [1.807, 2.05) is 24.3 Å². The van der Waals surface area contributed by atoms with E-state index in [2.05, 4.69) is 25.4 Å². The third kappa shape index (κ3) is 3.93. The van der Waals surface area contributed by atoms with Crippen LogP contribution in [0.15, 0.2) is 24.3 Å². The Morgan fingerprint density at radius 3 is 2.95 bits per heavy atom. The first kappa shape index (κ1) is 23.4. The lowest BCUT2D eigenvalue weighted by molar-refractivity contribution is 0.0113. The highest BCUT2D eigenvalue weighted by Gasteiger charge is 2.48. The van der Waals surface area contributed by atoms with Gasteiger partial charge in [0.25, 0.3) is 11.8 Å². The molecule has 5 aliphatic rings. The number of carbonyl (C=O) groups excluding carboxylic acids is 1. The maximum absolute atomic E-state index is 13.9. The number of alkyl halides is 2. The molecule has 11 heteroatoms. The lowest BCUT2D eigenvalue weighted by atomic mass is 9.96. The minimum Gasteiger partial charge on any atom is -0.381 e. The van der Waals surface area contributed by atoms with E-state index in [-0.39, 0.29) is 24.8 Å². The summed E-state index contributed by atoms with van der Waals surface area (Å²) in [7, 11) is 0. The quantitative estimate of drug-likeness (QED) is 0.498. The SMILES string of the molecule is O=C1NCc2c(-c3nnc4n3C3CC3C4)ccc(Nc3ccc([C@H]4CCOC4)c(CN4CCC(F)(F)C4)n3)c21. The molecule has 202 valence electrons. The van der Waals surface area contributed by atoms with Crippen LogP contribution in [-0.2, 0) is 24.2 Å². The van der Waals surface area contributed by atoms with E-state index in [1.54, 1.807) is 4.90 Å². The van der Waals surface area contributed by atoms with Crippen molar-refractivity contribution in [3.05, 3.63) is 52.5 Å². The van der Waals surface area contributed by atoms with Crippen LogP contribution in [-0.4, -0.2) is 62.8 Å². The zero-order chi connectivity index (χ0) is 26.3. The number of carbonyl (C=O) groups is 1. The number of pyridine rings is 1. The second-order valence-corrected chi connectivity index (χ2v) is 11.5. The van der Waals surface area contributed by atoms with Crippen molar-refractivity contribution in [3.63, 3.8) is 0 Å². The summed E-state index contributed by atoms with van der Waals surface area (Å²) in [6.45, 7) is 2.18. The van der Waals surface area contributed by atoms with Gasteiger partial charge in [0.15, 0.2) is 5.82 Å². The van der Waals surface area contributed by atoms with Crippen molar-refractivity contribution in [1.29, 1.82) is 0 Å². The summed E-state index contributed by atoms with van der Waals surface area (Å²) in [5.74, 6) is 0.521. The molecule has 0 bridgehead atoms. The van der Waals surface area contributed by atoms with Crippen molar-refractivity contribution in [1.82, 2.24) is 30.0 Å². The molecule has 1 aliphatic carbocycles. The smallest absolute Gasteiger partial charge is 0.261 e. The number of nitrogens with zero attached hydrogens (tertiary/aromatic N) is 5. The van der Waals surface area contributed by atoms with Crippen LogP contribution in [0.4, 0.5) is 20.3 Å². The predicted octanol–water partition coefficient (Wildman–Crippen LogP) is 3.79. The van der Waals surface area contributed by atoms with Gasteiger partial charge in [-0.15, -0.1) is 10.2 Å². The molecule has 3 atom stereocenters. The summed E-state index contributed by atoms with van der Waals surface area (Å²) in [6.07, 6.45) is 2.91. The van der Waals surface area contributed by atoms with Gasteiger partial charge >= 0.3 is 0 Å². The molecule has 2 saturated heterocycles. The molecule has 2 aromatic heterocycles. The predicted molar refractivity (Wildman–Crippen MR) is 138 cm³/mol.